The molecular formula is C16H21N3O2S2. The minimum Gasteiger partial charge on any atom is -0.382 e. The van der Waals surface area contributed by atoms with Gasteiger partial charge in [-0.1, -0.05) is 12.1 Å². The summed E-state index contributed by atoms with van der Waals surface area (Å²) in [6, 6.07) is 6.89. The molecule has 7 heteroatoms. The fraction of sp³-hybridized carbons (Fsp3) is 0.438. The van der Waals surface area contributed by atoms with E-state index >= 15 is 0 Å². The number of nitrogens with one attached hydrogen (secondary N) is 2. The van der Waals surface area contributed by atoms with Crippen molar-refractivity contribution in [2.24, 2.45) is 4.99 Å². The van der Waals surface area contributed by atoms with Crippen LogP contribution in [0.1, 0.15) is 18.4 Å². The van der Waals surface area contributed by atoms with Crippen LogP contribution in [0.15, 0.2) is 40.4 Å². The maximum absolute atomic E-state index is 11.5. The quantitative estimate of drug-likeness (QED) is 0.867. The number of benzene rings is 1. The van der Waals surface area contributed by atoms with E-state index in [1.54, 1.807) is 12.1 Å². The summed E-state index contributed by atoms with van der Waals surface area (Å²) in [6.45, 7) is 1.55. The van der Waals surface area contributed by atoms with E-state index in [2.05, 4.69) is 15.6 Å². The van der Waals surface area contributed by atoms with Crippen LogP contribution >= 0.6 is 11.8 Å². The van der Waals surface area contributed by atoms with Crippen LogP contribution in [-0.2, 0) is 9.84 Å². The summed E-state index contributed by atoms with van der Waals surface area (Å²) in [7, 11) is -3.16. The van der Waals surface area contributed by atoms with Crippen LogP contribution in [0.3, 0.4) is 0 Å². The minimum absolute atomic E-state index is 0.331. The van der Waals surface area contributed by atoms with Crippen LogP contribution in [0.4, 0.5) is 0 Å². The fourth-order valence-electron chi connectivity index (χ4n) is 2.62. The molecule has 0 aromatic heterocycles. The molecule has 1 saturated heterocycles. The summed E-state index contributed by atoms with van der Waals surface area (Å²) in [5, 5.41) is 7.21. The monoisotopic (exact) mass is 351 g/mol. The van der Waals surface area contributed by atoms with E-state index < -0.39 is 9.84 Å². The van der Waals surface area contributed by atoms with E-state index in [9.17, 15) is 8.42 Å². The second-order valence-electron chi connectivity index (χ2n) is 5.78. The highest BCUT2D eigenvalue weighted by atomic mass is 32.2. The molecule has 1 atom stereocenters. The Labute approximate surface area is 141 Å². The zero-order valence-corrected chi connectivity index (χ0v) is 14.7. The van der Waals surface area contributed by atoms with Crippen LogP contribution in [0, 0.1) is 0 Å². The van der Waals surface area contributed by atoms with Crippen LogP contribution in [0.25, 0.3) is 5.70 Å². The Balaban J connectivity index is 1.68. The Morgan fingerprint density at radius 2 is 2.09 bits per heavy atom. The molecular weight excluding hydrogens is 330 g/mol. The van der Waals surface area contributed by atoms with Crippen molar-refractivity contribution in [3.05, 3.63) is 36.0 Å². The molecule has 0 saturated carbocycles. The predicted octanol–water partition coefficient (Wildman–Crippen LogP) is 1.88. The second kappa shape index (κ2) is 6.97. The summed E-state index contributed by atoms with van der Waals surface area (Å²) in [5.74, 6) is 2.18. The highest BCUT2D eigenvalue weighted by Gasteiger charge is 2.16. The van der Waals surface area contributed by atoms with Crippen molar-refractivity contribution < 1.29 is 8.42 Å². The van der Waals surface area contributed by atoms with Crippen LogP contribution in [-0.4, -0.2) is 44.6 Å². The van der Waals surface area contributed by atoms with Crippen LogP contribution in [0.2, 0.25) is 0 Å². The molecule has 2 aliphatic heterocycles. The smallest absolute Gasteiger partial charge is 0.175 e. The lowest BCUT2D eigenvalue weighted by atomic mass is 10.1. The number of hydrogen-bond acceptors (Lipinski definition) is 5. The normalized spacial score (nSPS) is 23.3. The van der Waals surface area contributed by atoms with Crippen molar-refractivity contribution in [3.8, 4) is 0 Å². The van der Waals surface area contributed by atoms with Gasteiger partial charge in [0.2, 0.25) is 0 Å². The Hall–Kier alpha value is -1.47. The number of thioether (sulfide) groups is 1. The molecule has 0 spiro atoms. The topological polar surface area (TPSA) is 70.6 Å². The molecule has 1 aromatic rings. The molecule has 0 unspecified atom stereocenters. The summed E-state index contributed by atoms with van der Waals surface area (Å²) in [5.41, 5.74) is 1.85. The van der Waals surface area contributed by atoms with Gasteiger partial charge in [-0.3, -0.25) is 4.99 Å². The third kappa shape index (κ3) is 4.29. The minimum atomic E-state index is -3.16. The van der Waals surface area contributed by atoms with Gasteiger partial charge < -0.3 is 10.6 Å². The van der Waals surface area contributed by atoms with Gasteiger partial charge in [0.05, 0.1) is 23.7 Å². The van der Waals surface area contributed by atoms with Crippen molar-refractivity contribution in [2.75, 3.05) is 25.1 Å². The Morgan fingerprint density at radius 3 is 2.74 bits per heavy atom. The molecule has 124 valence electrons. The van der Waals surface area contributed by atoms with Gasteiger partial charge in [0.25, 0.3) is 0 Å². The zero-order chi connectivity index (χ0) is 16.3. The molecule has 2 heterocycles. The summed E-state index contributed by atoms with van der Waals surface area (Å²) >= 11 is 2.01. The van der Waals surface area contributed by atoms with Gasteiger partial charge in [-0.25, -0.2) is 8.42 Å². The second-order valence-corrected chi connectivity index (χ2v) is 9.21. The lowest BCUT2D eigenvalue weighted by molar-refractivity contribution is 0.602. The molecule has 0 amide bonds. The van der Waals surface area contributed by atoms with Gasteiger partial charge >= 0.3 is 0 Å². The van der Waals surface area contributed by atoms with Crippen molar-refractivity contribution in [1.82, 2.24) is 10.6 Å². The summed E-state index contributed by atoms with van der Waals surface area (Å²) < 4.78 is 23.0. The van der Waals surface area contributed by atoms with Crippen LogP contribution in [0.5, 0.6) is 0 Å². The third-order valence-electron chi connectivity index (χ3n) is 3.90. The first-order chi connectivity index (χ1) is 11.0. The number of aliphatic imine (C=N–C) groups is 1. The van der Waals surface area contributed by atoms with Gasteiger partial charge in [-0.2, -0.15) is 11.8 Å². The van der Waals surface area contributed by atoms with Gasteiger partial charge in [0, 0.05) is 17.7 Å². The first kappa shape index (κ1) is 16.4. The van der Waals surface area contributed by atoms with Gasteiger partial charge in [-0.15, -0.1) is 0 Å². The number of amidine groups is 1. The summed E-state index contributed by atoms with van der Waals surface area (Å²) in [4.78, 5) is 5.01. The van der Waals surface area contributed by atoms with Crippen molar-refractivity contribution >= 4 is 33.1 Å². The summed E-state index contributed by atoms with van der Waals surface area (Å²) in [6.07, 6.45) is 5.67. The largest absolute Gasteiger partial charge is 0.382 e. The van der Waals surface area contributed by atoms with E-state index in [-0.39, 0.29) is 0 Å². The van der Waals surface area contributed by atoms with Crippen molar-refractivity contribution in [1.29, 1.82) is 0 Å². The van der Waals surface area contributed by atoms with Crippen LogP contribution < -0.4 is 10.6 Å². The average Bonchev–Trinajstić information content (AvgIpc) is 3.06. The maximum Gasteiger partial charge on any atom is 0.175 e. The lowest BCUT2D eigenvalue weighted by Crippen LogP contribution is -2.37. The molecule has 2 N–H and O–H groups in total. The van der Waals surface area contributed by atoms with E-state index in [0.717, 1.165) is 23.6 Å². The van der Waals surface area contributed by atoms with Crippen molar-refractivity contribution in [3.63, 3.8) is 0 Å². The molecule has 1 fully saturated rings. The van der Waals surface area contributed by atoms with E-state index in [4.69, 9.17) is 0 Å². The van der Waals surface area contributed by atoms with Gasteiger partial charge in [0.1, 0.15) is 5.84 Å². The lowest BCUT2D eigenvalue weighted by Gasteiger charge is -2.20. The average molecular weight is 351 g/mol. The standard InChI is InChI=1S/C16H21N3O2S2/c1-23(20,21)14-6-4-12(5-7-14)15-10-17-11-16(19-15)18-9-13-3-2-8-22-13/h4-7,10,13,17H,2-3,8-9,11H2,1H3,(H,18,19)/t13-/m0/s1. The molecule has 3 rings (SSSR count). The molecule has 1 aromatic carbocycles. The van der Waals surface area contributed by atoms with Crippen molar-refractivity contribution in [2.45, 2.75) is 23.0 Å². The molecule has 0 bridgehead atoms. The molecule has 2 aliphatic rings. The third-order valence-corrected chi connectivity index (χ3v) is 6.41. The van der Waals surface area contributed by atoms with E-state index in [0.29, 0.717) is 16.7 Å². The first-order valence-corrected chi connectivity index (χ1v) is 10.6. The molecule has 0 aliphatic carbocycles. The molecule has 23 heavy (non-hydrogen) atoms. The highest BCUT2D eigenvalue weighted by Crippen LogP contribution is 2.26. The van der Waals surface area contributed by atoms with Gasteiger partial charge in [0.15, 0.2) is 9.84 Å². The Kier molecular flexibility index (Phi) is 4.96. The Morgan fingerprint density at radius 1 is 1.30 bits per heavy atom. The SMILES string of the molecule is CS(=O)(=O)c1ccc(C2=CNCC(=NC[C@@H]3CCCS3)N2)cc1. The van der Waals surface area contributed by atoms with Gasteiger partial charge in [-0.05, 0) is 36.3 Å². The maximum atomic E-state index is 11.5. The number of hydrogen-bond donors (Lipinski definition) is 2. The highest BCUT2D eigenvalue weighted by molar-refractivity contribution is 8.00. The Bertz CT molecular complexity index is 718. The molecule has 0 radical (unpaired) electrons. The zero-order valence-electron chi connectivity index (χ0n) is 13.1. The number of rotatable bonds is 4. The first-order valence-electron chi connectivity index (χ1n) is 7.68. The van der Waals surface area contributed by atoms with E-state index in [1.807, 2.05) is 30.1 Å². The predicted molar refractivity (Wildman–Crippen MR) is 96.4 cm³/mol. The molecule has 5 nitrogen and oxygen atoms in total. The number of sulfone groups is 1. The number of nitrogens with zero attached hydrogens (tertiary/aromatic N) is 1. The fourth-order valence-corrected chi connectivity index (χ4v) is 4.43. The van der Waals surface area contributed by atoms with E-state index in [1.165, 1.54) is 24.9 Å².